The largest absolute Gasteiger partial charge is 0.480 e. The molecule has 0 spiro atoms. The lowest BCUT2D eigenvalue weighted by molar-refractivity contribution is -0.137. The Morgan fingerprint density at radius 1 is 1.08 bits per heavy atom. The zero-order valence-corrected chi connectivity index (χ0v) is 13.4. The van der Waals surface area contributed by atoms with Gasteiger partial charge in [-0.1, -0.05) is 36.4 Å². The van der Waals surface area contributed by atoms with E-state index in [0.717, 1.165) is 25.1 Å². The number of aryl methyl sites for hydroxylation is 1. The fourth-order valence-electron chi connectivity index (χ4n) is 3.05. The highest BCUT2D eigenvalue weighted by Gasteiger charge is 2.19. The lowest BCUT2D eigenvalue weighted by Gasteiger charge is -2.31. The van der Waals surface area contributed by atoms with Crippen molar-refractivity contribution in [3.8, 4) is 11.1 Å². The van der Waals surface area contributed by atoms with Gasteiger partial charge in [0.2, 0.25) is 5.91 Å². The Kier molecular flexibility index (Phi) is 4.79. The van der Waals surface area contributed by atoms with E-state index in [1.54, 1.807) is 0 Å². The van der Waals surface area contributed by atoms with E-state index in [0.29, 0.717) is 0 Å². The Hall–Kier alpha value is -2.82. The van der Waals surface area contributed by atoms with Gasteiger partial charge in [0.15, 0.2) is 0 Å². The highest BCUT2D eigenvalue weighted by molar-refractivity contribution is 5.85. The van der Waals surface area contributed by atoms with Crippen LogP contribution >= 0.6 is 0 Å². The molecule has 5 heteroatoms. The highest BCUT2D eigenvalue weighted by atomic mass is 16.4. The van der Waals surface area contributed by atoms with Crippen molar-refractivity contribution < 1.29 is 14.7 Å². The van der Waals surface area contributed by atoms with Crippen molar-refractivity contribution in [2.24, 2.45) is 0 Å². The number of nitrogens with zero attached hydrogens (tertiary/aromatic N) is 1. The number of hydrogen-bond donors (Lipinski definition) is 2. The van der Waals surface area contributed by atoms with Crippen LogP contribution in [0.15, 0.2) is 48.5 Å². The van der Waals surface area contributed by atoms with E-state index < -0.39 is 5.97 Å². The molecule has 0 bridgehead atoms. The van der Waals surface area contributed by atoms with Gasteiger partial charge in [-0.25, -0.2) is 0 Å². The van der Waals surface area contributed by atoms with E-state index in [2.05, 4.69) is 35.6 Å². The minimum atomic E-state index is -1.03. The van der Waals surface area contributed by atoms with Crippen molar-refractivity contribution in [3.05, 3.63) is 54.1 Å². The molecule has 124 valence electrons. The van der Waals surface area contributed by atoms with Crippen LogP contribution in [0.4, 0.5) is 5.69 Å². The standard InChI is InChI=1S/C19H20N2O3/c22-18(20-12-19(23)24)13-21-10-4-7-16-11-15(8-9-17(16)21)14-5-2-1-3-6-14/h1-3,5-6,8-9,11H,4,7,10,12-13H2,(H,20,22)(H,23,24). The van der Waals surface area contributed by atoms with Crippen molar-refractivity contribution in [2.75, 3.05) is 24.5 Å². The molecule has 2 aromatic carbocycles. The first-order valence-corrected chi connectivity index (χ1v) is 8.05. The number of rotatable bonds is 5. The normalized spacial score (nSPS) is 13.2. The van der Waals surface area contributed by atoms with E-state index in [9.17, 15) is 9.59 Å². The average Bonchev–Trinajstić information content (AvgIpc) is 2.60. The van der Waals surface area contributed by atoms with Gasteiger partial charge >= 0.3 is 5.97 Å². The van der Waals surface area contributed by atoms with E-state index >= 15 is 0 Å². The summed E-state index contributed by atoms with van der Waals surface area (Å²) in [6, 6.07) is 16.5. The molecule has 0 saturated carbocycles. The number of carboxylic acid groups (broad SMARTS) is 1. The predicted octanol–water partition coefficient (Wildman–Crippen LogP) is 2.31. The summed E-state index contributed by atoms with van der Waals surface area (Å²) >= 11 is 0. The van der Waals surface area contributed by atoms with Crippen molar-refractivity contribution in [2.45, 2.75) is 12.8 Å². The molecule has 0 aliphatic carbocycles. The average molecular weight is 324 g/mol. The SMILES string of the molecule is O=C(O)CNC(=O)CN1CCCc2cc(-c3ccccc3)ccc21. The van der Waals surface area contributed by atoms with Crippen molar-refractivity contribution in [3.63, 3.8) is 0 Å². The van der Waals surface area contributed by atoms with Crippen LogP contribution in [0.1, 0.15) is 12.0 Å². The van der Waals surface area contributed by atoms with Crippen LogP contribution in [0.25, 0.3) is 11.1 Å². The van der Waals surface area contributed by atoms with Crippen LogP contribution in [0.5, 0.6) is 0 Å². The molecule has 24 heavy (non-hydrogen) atoms. The zero-order valence-electron chi connectivity index (χ0n) is 13.4. The summed E-state index contributed by atoms with van der Waals surface area (Å²) < 4.78 is 0. The fourth-order valence-corrected chi connectivity index (χ4v) is 3.05. The van der Waals surface area contributed by atoms with Gasteiger partial charge in [-0.05, 0) is 41.7 Å². The Morgan fingerprint density at radius 2 is 1.88 bits per heavy atom. The molecule has 2 aromatic rings. The third kappa shape index (κ3) is 3.74. The number of amides is 1. The van der Waals surface area contributed by atoms with Crippen LogP contribution in [-0.2, 0) is 16.0 Å². The van der Waals surface area contributed by atoms with Gasteiger partial charge < -0.3 is 15.3 Å². The lowest BCUT2D eigenvalue weighted by atomic mass is 9.96. The Labute approximate surface area is 140 Å². The zero-order chi connectivity index (χ0) is 16.9. The summed E-state index contributed by atoms with van der Waals surface area (Å²) in [4.78, 5) is 24.5. The van der Waals surface area contributed by atoms with Crippen LogP contribution in [0, 0.1) is 0 Å². The molecular weight excluding hydrogens is 304 g/mol. The van der Waals surface area contributed by atoms with Crippen LogP contribution in [0.2, 0.25) is 0 Å². The highest BCUT2D eigenvalue weighted by Crippen LogP contribution is 2.31. The maximum Gasteiger partial charge on any atom is 0.322 e. The van der Waals surface area contributed by atoms with Gasteiger partial charge in [-0.3, -0.25) is 9.59 Å². The van der Waals surface area contributed by atoms with E-state index in [1.807, 2.05) is 23.1 Å². The van der Waals surface area contributed by atoms with Crippen LogP contribution < -0.4 is 10.2 Å². The smallest absolute Gasteiger partial charge is 0.322 e. The number of carbonyl (C=O) groups excluding carboxylic acids is 1. The molecule has 1 aliphatic heterocycles. The summed E-state index contributed by atoms with van der Waals surface area (Å²) in [6.45, 7) is 0.648. The van der Waals surface area contributed by atoms with E-state index in [1.165, 1.54) is 16.7 Å². The van der Waals surface area contributed by atoms with E-state index in [-0.39, 0.29) is 19.0 Å². The molecule has 0 saturated heterocycles. The molecule has 2 N–H and O–H groups in total. The molecular formula is C19H20N2O3. The second-order valence-electron chi connectivity index (χ2n) is 5.91. The summed E-state index contributed by atoms with van der Waals surface area (Å²) in [7, 11) is 0. The van der Waals surface area contributed by atoms with Gasteiger partial charge in [0.05, 0.1) is 6.54 Å². The molecule has 0 radical (unpaired) electrons. The number of benzene rings is 2. The Morgan fingerprint density at radius 3 is 2.62 bits per heavy atom. The summed E-state index contributed by atoms with van der Waals surface area (Å²) in [6.07, 6.45) is 1.97. The fraction of sp³-hybridized carbons (Fsp3) is 0.263. The van der Waals surface area contributed by atoms with E-state index in [4.69, 9.17) is 5.11 Å². The minimum Gasteiger partial charge on any atom is -0.480 e. The number of carboxylic acids is 1. The Balaban J connectivity index is 1.76. The lowest BCUT2D eigenvalue weighted by Crippen LogP contribution is -2.41. The first kappa shape index (κ1) is 16.1. The first-order chi connectivity index (χ1) is 11.6. The monoisotopic (exact) mass is 324 g/mol. The van der Waals surface area contributed by atoms with Gasteiger partial charge in [0.25, 0.3) is 0 Å². The molecule has 5 nitrogen and oxygen atoms in total. The minimum absolute atomic E-state index is 0.185. The number of anilines is 1. The van der Waals surface area contributed by atoms with Gasteiger partial charge in [0.1, 0.15) is 6.54 Å². The van der Waals surface area contributed by atoms with Gasteiger partial charge in [0, 0.05) is 12.2 Å². The number of hydrogen-bond acceptors (Lipinski definition) is 3. The van der Waals surface area contributed by atoms with Gasteiger partial charge in [-0.2, -0.15) is 0 Å². The maximum atomic E-state index is 11.9. The second kappa shape index (κ2) is 7.17. The molecule has 0 fully saturated rings. The summed E-state index contributed by atoms with van der Waals surface area (Å²) in [5, 5.41) is 11.1. The third-order valence-corrected chi connectivity index (χ3v) is 4.17. The van der Waals surface area contributed by atoms with Crippen molar-refractivity contribution in [1.29, 1.82) is 0 Å². The van der Waals surface area contributed by atoms with Crippen LogP contribution in [0.3, 0.4) is 0 Å². The quantitative estimate of drug-likeness (QED) is 0.885. The molecule has 0 unspecified atom stereocenters. The predicted molar refractivity (Wildman–Crippen MR) is 93.1 cm³/mol. The molecule has 1 amide bonds. The van der Waals surface area contributed by atoms with Crippen LogP contribution in [-0.4, -0.2) is 36.6 Å². The van der Waals surface area contributed by atoms with Crippen molar-refractivity contribution in [1.82, 2.24) is 5.32 Å². The second-order valence-corrected chi connectivity index (χ2v) is 5.91. The number of nitrogens with one attached hydrogen (secondary N) is 1. The number of aliphatic carboxylic acids is 1. The molecule has 3 rings (SSSR count). The maximum absolute atomic E-state index is 11.9. The molecule has 0 atom stereocenters. The number of fused-ring (bicyclic) bond motifs is 1. The number of carbonyl (C=O) groups is 2. The first-order valence-electron chi connectivity index (χ1n) is 8.05. The Bertz CT molecular complexity index is 744. The van der Waals surface area contributed by atoms with Gasteiger partial charge in [-0.15, -0.1) is 0 Å². The molecule has 1 aliphatic rings. The summed E-state index contributed by atoms with van der Waals surface area (Å²) in [5.74, 6) is -1.30. The van der Waals surface area contributed by atoms with Crippen molar-refractivity contribution >= 4 is 17.6 Å². The summed E-state index contributed by atoms with van der Waals surface area (Å²) in [5.41, 5.74) is 4.64. The molecule has 0 aromatic heterocycles. The molecule has 1 heterocycles. The topological polar surface area (TPSA) is 69.6 Å². The third-order valence-electron chi connectivity index (χ3n) is 4.17.